The Labute approximate surface area is 107 Å². The summed E-state index contributed by atoms with van der Waals surface area (Å²) < 4.78 is 4.95. The molecule has 0 radical (unpaired) electrons. The number of hydrogen-bond donors (Lipinski definition) is 0. The molecule has 1 fully saturated rings. The summed E-state index contributed by atoms with van der Waals surface area (Å²) in [5, 5.41) is 0. The first-order chi connectivity index (χ1) is 8.32. The molecule has 6 heteroatoms. The van der Waals surface area contributed by atoms with Crippen LogP contribution >= 0.6 is 0 Å². The van der Waals surface area contributed by atoms with Gasteiger partial charge in [0.25, 0.3) is 0 Å². The molecule has 1 heterocycles. The molecule has 0 unspecified atom stereocenters. The quantitative estimate of drug-likeness (QED) is 0.525. The van der Waals surface area contributed by atoms with Gasteiger partial charge in [0.1, 0.15) is 6.54 Å². The number of ether oxygens (including phenoxy) is 1. The van der Waals surface area contributed by atoms with Gasteiger partial charge in [0.2, 0.25) is 0 Å². The molecule has 6 nitrogen and oxygen atoms in total. The maximum atomic E-state index is 11.8. The van der Waals surface area contributed by atoms with Crippen molar-refractivity contribution in [1.29, 1.82) is 0 Å². The lowest BCUT2D eigenvalue weighted by Gasteiger charge is -2.35. The van der Waals surface area contributed by atoms with Gasteiger partial charge in [-0.05, 0) is 27.7 Å². The molecule has 0 aromatic rings. The second-order valence-electron chi connectivity index (χ2n) is 4.86. The fraction of sp³-hybridized carbons (Fsp3) is 0.750. The molecular weight excluding hydrogens is 236 g/mol. The van der Waals surface area contributed by atoms with Gasteiger partial charge >= 0.3 is 17.8 Å². The molecule has 0 atom stereocenters. The summed E-state index contributed by atoms with van der Waals surface area (Å²) in [6, 6.07) is -0.00813. The molecule has 102 valence electrons. The zero-order valence-corrected chi connectivity index (χ0v) is 11.3. The molecule has 0 aromatic carbocycles. The first-order valence-corrected chi connectivity index (χ1v) is 6.12. The second kappa shape index (κ2) is 5.84. The number of amides is 2. The number of rotatable bonds is 4. The lowest BCUT2D eigenvalue weighted by molar-refractivity contribution is -0.161. The van der Waals surface area contributed by atoms with Crippen molar-refractivity contribution in [3.8, 4) is 0 Å². The molecular formula is C12H20N2O4. The highest BCUT2D eigenvalue weighted by Gasteiger charge is 2.34. The summed E-state index contributed by atoms with van der Waals surface area (Å²) >= 11 is 0. The highest BCUT2D eigenvalue weighted by Crippen LogP contribution is 2.09. The normalized spacial score (nSPS) is 16.8. The van der Waals surface area contributed by atoms with Crippen molar-refractivity contribution in [2.75, 3.05) is 19.6 Å². The van der Waals surface area contributed by atoms with Crippen molar-refractivity contribution in [2.24, 2.45) is 0 Å². The van der Waals surface area contributed by atoms with Gasteiger partial charge in [-0.1, -0.05) is 0 Å². The standard InChI is InChI=1S/C12H20N2O4/c1-8(2)14-6-5-13(11(16)12(14)17)7-10(15)18-9(3)4/h8-9H,5-7H2,1-4H3. The molecule has 2 amide bonds. The topological polar surface area (TPSA) is 66.9 Å². The summed E-state index contributed by atoms with van der Waals surface area (Å²) in [5.41, 5.74) is 0. The molecule has 0 aliphatic carbocycles. The lowest BCUT2D eigenvalue weighted by Crippen LogP contribution is -2.57. The van der Waals surface area contributed by atoms with Crippen LogP contribution in [0.3, 0.4) is 0 Å². The van der Waals surface area contributed by atoms with E-state index in [1.54, 1.807) is 13.8 Å². The van der Waals surface area contributed by atoms with Crippen molar-refractivity contribution in [1.82, 2.24) is 9.80 Å². The van der Waals surface area contributed by atoms with E-state index in [9.17, 15) is 14.4 Å². The minimum Gasteiger partial charge on any atom is -0.462 e. The molecule has 1 rings (SSSR count). The van der Waals surface area contributed by atoms with E-state index < -0.39 is 17.8 Å². The summed E-state index contributed by atoms with van der Waals surface area (Å²) in [6.45, 7) is 7.85. The third-order valence-electron chi connectivity index (χ3n) is 2.65. The first-order valence-electron chi connectivity index (χ1n) is 6.12. The van der Waals surface area contributed by atoms with Gasteiger partial charge in [-0.3, -0.25) is 14.4 Å². The van der Waals surface area contributed by atoms with Crippen LogP contribution in [0.25, 0.3) is 0 Å². The van der Waals surface area contributed by atoms with Crippen LogP contribution in [0.1, 0.15) is 27.7 Å². The molecule has 0 spiro atoms. The van der Waals surface area contributed by atoms with E-state index >= 15 is 0 Å². The van der Waals surface area contributed by atoms with Gasteiger partial charge in [-0.2, -0.15) is 0 Å². The largest absolute Gasteiger partial charge is 0.462 e. The maximum Gasteiger partial charge on any atom is 0.325 e. The SMILES string of the molecule is CC(C)OC(=O)CN1CCN(C(C)C)C(=O)C1=O. The number of nitrogens with zero attached hydrogens (tertiary/aromatic N) is 2. The monoisotopic (exact) mass is 256 g/mol. The number of carbonyl (C=O) groups excluding carboxylic acids is 3. The molecule has 1 aliphatic rings. The summed E-state index contributed by atoms with van der Waals surface area (Å²) in [7, 11) is 0. The van der Waals surface area contributed by atoms with Crippen molar-refractivity contribution in [3.05, 3.63) is 0 Å². The first kappa shape index (κ1) is 14.5. The average molecular weight is 256 g/mol. The van der Waals surface area contributed by atoms with Crippen molar-refractivity contribution in [3.63, 3.8) is 0 Å². The highest BCUT2D eigenvalue weighted by atomic mass is 16.5. The van der Waals surface area contributed by atoms with Crippen LogP contribution in [-0.4, -0.2) is 59.4 Å². The van der Waals surface area contributed by atoms with E-state index in [-0.39, 0.29) is 18.7 Å². The fourth-order valence-electron chi connectivity index (χ4n) is 1.79. The Kier molecular flexibility index (Phi) is 4.69. The predicted molar refractivity (Wildman–Crippen MR) is 64.7 cm³/mol. The minimum absolute atomic E-state index is 0.00813. The lowest BCUT2D eigenvalue weighted by atomic mass is 10.2. The third kappa shape index (κ3) is 3.45. The highest BCUT2D eigenvalue weighted by molar-refractivity contribution is 6.35. The zero-order valence-electron chi connectivity index (χ0n) is 11.3. The Morgan fingerprint density at radius 3 is 2.28 bits per heavy atom. The number of piperazine rings is 1. The van der Waals surface area contributed by atoms with E-state index in [2.05, 4.69) is 0 Å². The fourth-order valence-corrected chi connectivity index (χ4v) is 1.79. The third-order valence-corrected chi connectivity index (χ3v) is 2.65. The van der Waals surface area contributed by atoms with Crippen molar-refractivity contribution >= 4 is 17.8 Å². The Morgan fingerprint density at radius 2 is 1.78 bits per heavy atom. The maximum absolute atomic E-state index is 11.8. The van der Waals surface area contributed by atoms with Gasteiger partial charge in [-0.15, -0.1) is 0 Å². The Bertz CT molecular complexity index is 352. The van der Waals surface area contributed by atoms with E-state index in [0.717, 1.165) is 0 Å². The van der Waals surface area contributed by atoms with Crippen LogP contribution in [0, 0.1) is 0 Å². The van der Waals surface area contributed by atoms with Crippen LogP contribution in [0.4, 0.5) is 0 Å². The van der Waals surface area contributed by atoms with Gasteiger partial charge in [0.05, 0.1) is 6.10 Å². The summed E-state index contributed by atoms with van der Waals surface area (Å²) in [4.78, 5) is 37.7. The molecule has 1 aliphatic heterocycles. The van der Waals surface area contributed by atoms with Crippen molar-refractivity contribution < 1.29 is 19.1 Å². The van der Waals surface area contributed by atoms with Gasteiger partial charge < -0.3 is 14.5 Å². The molecule has 0 bridgehead atoms. The number of hydrogen-bond acceptors (Lipinski definition) is 4. The number of esters is 1. The summed E-state index contributed by atoms with van der Waals surface area (Å²) in [5.74, 6) is -1.66. The Hall–Kier alpha value is -1.59. The molecule has 0 aromatic heterocycles. The average Bonchev–Trinajstić information content (AvgIpc) is 2.23. The second-order valence-corrected chi connectivity index (χ2v) is 4.86. The molecule has 0 N–H and O–H groups in total. The minimum atomic E-state index is -0.629. The van der Waals surface area contributed by atoms with E-state index in [1.165, 1.54) is 9.80 Å². The van der Waals surface area contributed by atoms with Crippen LogP contribution in [0.5, 0.6) is 0 Å². The van der Waals surface area contributed by atoms with Crippen LogP contribution < -0.4 is 0 Å². The smallest absolute Gasteiger partial charge is 0.325 e. The van der Waals surface area contributed by atoms with Crippen LogP contribution in [-0.2, 0) is 19.1 Å². The predicted octanol–water partition coefficient (Wildman–Crippen LogP) is 0.0172. The molecule has 0 saturated carbocycles. The van der Waals surface area contributed by atoms with Crippen molar-refractivity contribution in [2.45, 2.75) is 39.8 Å². The molecule has 18 heavy (non-hydrogen) atoms. The Morgan fingerprint density at radius 1 is 1.17 bits per heavy atom. The van der Waals surface area contributed by atoms with Gasteiger partial charge in [0, 0.05) is 19.1 Å². The molecule has 1 saturated heterocycles. The van der Waals surface area contributed by atoms with E-state index in [4.69, 9.17) is 4.74 Å². The van der Waals surface area contributed by atoms with E-state index in [0.29, 0.717) is 13.1 Å². The summed E-state index contributed by atoms with van der Waals surface area (Å²) in [6.07, 6.45) is -0.222. The van der Waals surface area contributed by atoms with Crippen LogP contribution in [0.2, 0.25) is 0 Å². The van der Waals surface area contributed by atoms with E-state index in [1.807, 2.05) is 13.8 Å². The number of carbonyl (C=O) groups is 3. The van der Waals surface area contributed by atoms with Gasteiger partial charge in [0.15, 0.2) is 0 Å². The Balaban J connectivity index is 2.59. The van der Waals surface area contributed by atoms with Crippen LogP contribution in [0.15, 0.2) is 0 Å². The zero-order chi connectivity index (χ0) is 13.9. The van der Waals surface area contributed by atoms with Gasteiger partial charge in [-0.25, -0.2) is 0 Å².